The zero-order chi connectivity index (χ0) is 18.8. The van der Waals surface area contributed by atoms with Crippen LogP contribution in [0.2, 0.25) is 10.0 Å². The average Bonchev–Trinajstić information content (AvgIpc) is 2.56. The number of methoxy groups -OCH3 is 2. The van der Waals surface area contributed by atoms with Crippen molar-refractivity contribution in [2.75, 3.05) is 25.1 Å². The van der Waals surface area contributed by atoms with Crippen molar-refractivity contribution in [3.05, 3.63) is 45.4 Å². The van der Waals surface area contributed by atoms with Crippen LogP contribution in [0, 0.1) is 6.92 Å². The highest BCUT2D eigenvalue weighted by atomic mass is 35.5. The number of halogens is 5. The summed E-state index contributed by atoms with van der Waals surface area (Å²) in [7, 11) is 2.62. The fourth-order valence-corrected chi connectivity index (χ4v) is 2.77. The molecule has 0 saturated heterocycles. The third-order valence-corrected chi connectivity index (χ3v) is 4.21. The number of hydrogen-bond acceptors (Lipinski definition) is 4. The Balaban J connectivity index is 2.28. The lowest BCUT2D eigenvalue weighted by Crippen LogP contribution is -2.13. The molecule has 25 heavy (non-hydrogen) atoms. The van der Waals surface area contributed by atoms with Gasteiger partial charge in [-0.1, -0.05) is 23.2 Å². The van der Waals surface area contributed by atoms with Crippen LogP contribution in [-0.2, 0) is 6.18 Å². The number of hydrogen-bond donors (Lipinski definition) is 2. The van der Waals surface area contributed by atoms with Gasteiger partial charge in [-0.3, -0.25) is 0 Å². The van der Waals surface area contributed by atoms with Gasteiger partial charge in [-0.15, -0.1) is 0 Å². The Morgan fingerprint density at radius 1 is 1.00 bits per heavy atom. The molecule has 4 nitrogen and oxygen atoms in total. The second-order valence-electron chi connectivity index (χ2n) is 5.04. The molecule has 0 saturated carbocycles. The quantitative estimate of drug-likeness (QED) is 0.631. The summed E-state index contributed by atoms with van der Waals surface area (Å²) < 4.78 is 49.0. The number of rotatable bonds is 5. The molecular weight excluding hydrogens is 380 g/mol. The molecule has 0 aromatic heterocycles. The van der Waals surface area contributed by atoms with E-state index in [4.69, 9.17) is 32.7 Å². The van der Waals surface area contributed by atoms with E-state index < -0.39 is 11.7 Å². The van der Waals surface area contributed by atoms with Gasteiger partial charge in [0.05, 0.1) is 41.2 Å². The van der Waals surface area contributed by atoms with E-state index in [1.165, 1.54) is 26.4 Å². The van der Waals surface area contributed by atoms with Gasteiger partial charge in [-0.2, -0.15) is 13.2 Å². The van der Waals surface area contributed by atoms with Crippen molar-refractivity contribution in [3.63, 3.8) is 0 Å². The number of ether oxygens (including phenoxy) is 2. The molecule has 0 heterocycles. The first-order valence-corrected chi connectivity index (χ1v) is 7.74. The molecule has 0 amide bonds. The second-order valence-corrected chi connectivity index (χ2v) is 5.83. The van der Waals surface area contributed by atoms with Crippen molar-refractivity contribution in [1.82, 2.24) is 0 Å². The summed E-state index contributed by atoms with van der Waals surface area (Å²) in [5, 5.41) is 0.582. The lowest BCUT2D eigenvalue weighted by Gasteiger charge is -2.18. The molecule has 0 aliphatic heterocycles. The molecule has 0 radical (unpaired) electrons. The van der Waals surface area contributed by atoms with Gasteiger partial charge in [0.2, 0.25) is 0 Å². The molecule has 0 aliphatic carbocycles. The van der Waals surface area contributed by atoms with Crippen LogP contribution in [0.25, 0.3) is 0 Å². The van der Waals surface area contributed by atoms with Crippen LogP contribution >= 0.6 is 23.2 Å². The third-order valence-electron chi connectivity index (χ3n) is 3.47. The highest BCUT2D eigenvalue weighted by molar-refractivity contribution is 6.38. The normalized spacial score (nSPS) is 11.2. The molecule has 2 N–H and O–H groups in total. The standard InChI is InChI=1S/C16H15Cl2F3N2O2/c1-8-12(7-11(17)15(25-3)14(8)18)23-22-9-4-5-13(24-2)10(6-9)16(19,20)21/h4-7,22-23H,1-3H3. The van der Waals surface area contributed by atoms with Gasteiger partial charge in [0, 0.05) is 0 Å². The number of nitrogens with one attached hydrogen (secondary N) is 2. The maximum atomic E-state index is 13.1. The monoisotopic (exact) mass is 394 g/mol. The topological polar surface area (TPSA) is 42.5 Å². The Morgan fingerprint density at radius 3 is 2.24 bits per heavy atom. The lowest BCUT2D eigenvalue weighted by atomic mass is 10.1. The van der Waals surface area contributed by atoms with E-state index in [1.807, 2.05) is 0 Å². The molecule has 2 rings (SSSR count). The third kappa shape index (κ3) is 4.16. The first-order chi connectivity index (χ1) is 11.7. The summed E-state index contributed by atoms with van der Waals surface area (Å²) >= 11 is 12.2. The van der Waals surface area contributed by atoms with E-state index in [1.54, 1.807) is 13.0 Å². The Hall–Kier alpha value is -1.99. The largest absolute Gasteiger partial charge is 0.496 e. The van der Waals surface area contributed by atoms with E-state index in [2.05, 4.69) is 10.9 Å². The first kappa shape index (κ1) is 19.3. The summed E-state index contributed by atoms with van der Waals surface area (Å²) in [5.41, 5.74) is 5.92. The van der Waals surface area contributed by atoms with E-state index in [0.717, 1.165) is 6.07 Å². The number of anilines is 2. The zero-order valence-electron chi connectivity index (χ0n) is 13.5. The van der Waals surface area contributed by atoms with E-state index in [-0.39, 0.29) is 16.5 Å². The fraction of sp³-hybridized carbons (Fsp3) is 0.250. The van der Waals surface area contributed by atoms with Crippen LogP contribution in [0.4, 0.5) is 24.5 Å². The van der Waals surface area contributed by atoms with E-state index in [0.29, 0.717) is 22.0 Å². The summed E-state index contributed by atoms with van der Waals surface area (Å²) in [6.07, 6.45) is -4.54. The second kappa shape index (κ2) is 7.49. The van der Waals surface area contributed by atoms with Crippen molar-refractivity contribution in [3.8, 4) is 11.5 Å². The maximum Gasteiger partial charge on any atom is 0.420 e. The molecule has 0 atom stereocenters. The van der Waals surface area contributed by atoms with Gasteiger partial charge < -0.3 is 20.3 Å². The van der Waals surface area contributed by atoms with Crippen molar-refractivity contribution in [1.29, 1.82) is 0 Å². The fourth-order valence-electron chi connectivity index (χ4n) is 2.16. The van der Waals surface area contributed by atoms with Gasteiger partial charge in [0.25, 0.3) is 0 Å². The minimum atomic E-state index is -4.54. The number of benzene rings is 2. The van der Waals surface area contributed by atoms with Crippen LogP contribution in [0.1, 0.15) is 11.1 Å². The van der Waals surface area contributed by atoms with Gasteiger partial charge in [0.1, 0.15) is 5.75 Å². The van der Waals surface area contributed by atoms with Crippen molar-refractivity contribution in [2.24, 2.45) is 0 Å². The van der Waals surface area contributed by atoms with Gasteiger partial charge in [-0.25, -0.2) is 0 Å². The summed E-state index contributed by atoms with van der Waals surface area (Å²) in [6.45, 7) is 1.72. The Morgan fingerprint density at radius 2 is 1.68 bits per heavy atom. The molecule has 0 bridgehead atoms. The molecule has 0 unspecified atom stereocenters. The summed E-state index contributed by atoms with van der Waals surface area (Å²) in [5.74, 6) is 0.0694. The maximum absolute atomic E-state index is 13.1. The Bertz CT molecular complexity index is 783. The minimum absolute atomic E-state index is 0.190. The number of hydrazine groups is 1. The molecule has 9 heteroatoms. The van der Waals surface area contributed by atoms with Gasteiger partial charge in [0.15, 0.2) is 5.75 Å². The van der Waals surface area contributed by atoms with Crippen LogP contribution in [0.5, 0.6) is 11.5 Å². The number of alkyl halides is 3. The highest BCUT2D eigenvalue weighted by Crippen LogP contribution is 2.40. The van der Waals surface area contributed by atoms with Gasteiger partial charge >= 0.3 is 6.18 Å². The molecule has 0 fully saturated rings. The van der Waals surface area contributed by atoms with E-state index >= 15 is 0 Å². The summed E-state index contributed by atoms with van der Waals surface area (Å²) in [6, 6.07) is 5.17. The Kier molecular flexibility index (Phi) is 5.80. The molecule has 0 spiro atoms. The molecular formula is C16H15Cl2F3N2O2. The van der Waals surface area contributed by atoms with Gasteiger partial charge in [-0.05, 0) is 36.8 Å². The van der Waals surface area contributed by atoms with Crippen LogP contribution in [0.3, 0.4) is 0 Å². The van der Waals surface area contributed by atoms with Crippen molar-refractivity contribution >= 4 is 34.6 Å². The van der Waals surface area contributed by atoms with E-state index in [9.17, 15) is 13.2 Å². The SMILES string of the molecule is COc1ccc(NNc2cc(Cl)c(OC)c(Cl)c2C)cc1C(F)(F)F. The average molecular weight is 395 g/mol. The predicted molar refractivity (Wildman–Crippen MR) is 93.0 cm³/mol. The molecule has 0 aliphatic rings. The summed E-state index contributed by atoms with van der Waals surface area (Å²) in [4.78, 5) is 0. The zero-order valence-corrected chi connectivity index (χ0v) is 15.0. The predicted octanol–water partition coefficient (Wildman–Crippen LogP) is 5.78. The molecule has 136 valence electrons. The molecule has 2 aromatic carbocycles. The highest BCUT2D eigenvalue weighted by Gasteiger charge is 2.34. The van der Waals surface area contributed by atoms with Crippen LogP contribution in [0.15, 0.2) is 24.3 Å². The van der Waals surface area contributed by atoms with Crippen LogP contribution < -0.4 is 20.3 Å². The first-order valence-electron chi connectivity index (χ1n) is 6.99. The smallest absolute Gasteiger partial charge is 0.420 e. The molecule has 2 aromatic rings. The lowest BCUT2D eigenvalue weighted by molar-refractivity contribution is -0.138. The Labute approximate surface area is 152 Å². The van der Waals surface area contributed by atoms with Crippen molar-refractivity contribution in [2.45, 2.75) is 13.1 Å². The minimum Gasteiger partial charge on any atom is -0.496 e. The van der Waals surface area contributed by atoms with Crippen LogP contribution in [-0.4, -0.2) is 14.2 Å². The van der Waals surface area contributed by atoms with Crippen molar-refractivity contribution < 1.29 is 22.6 Å².